The van der Waals surface area contributed by atoms with Crippen LogP contribution in [0.25, 0.3) is 0 Å². The fourth-order valence-electron chi connectivity index (χ4n) is 0.886. The standard InChI is InChI=1S/C6H8N2.C4H10O3S/c7-5-2-1-3-6(8)4-5;1-2-3-4-8(5,6)7/h1-4H,7-8H2;2-4H2,1H3,(H,5,6,7). The summed E-state index contributed by atoms with van der Waals surface area (Å²) in [6.07, 6.45) is 1.33. The maximum absolute atomic E-state index is 9.95. The van der Waals surface area contributed by atoms with Gasteiger partial charge in [0.05, 0.1) is 5.75 Å². The number of hydrogen-bond acceptors (Lipinski definition) is 4. The lowest BCUT2D eigenvalue weighted by atomic mass is 10.3. The minimum Gasteiger partial charge on any atom is -0.399 e. The number of nitrogen functional groups attached to an aromatic ring is 2. The fourth-order valence-corrected chi connectivity index (χ4v) is 1.54. The van der Waals surface area contributed by atoms with Crippen LogP contribution in [0, 0.1) is 0 Å². The Bertz CT molecular complexity index is 387. The van der Waals surface area contributed by atoms with E-state index in [0.717, 1.165) is 6.42 Å². The smallest absolute Gasteiger partial charge is 0.264 e. The number of unbranched alkanes of at least 4 members (excludes halogenated alkanes) is 1. The van der Waals surface area contributed by atoms with Gasteiger partial charge in [0.25, 0.3) is 10.1 Å². The zero-order chi connectivity index (χ0) is 12.6. The molecule has 0 atom stereocenters. The van der Waals surface area contributed by atoms with Crippen LogP contribution < -0.4 is 11.5 Å². The average molecular weight is 246 g/mol. The van der Waals surface area contributed by atoms with Gasteiger partial charge in [-0.1, -0.05) is 19.4 Å². The summed E-state index contributed by atoms with van der Waals surface area (Å²) >= 11 is 0. The number of benzene rings is 1. The van der Waals surface area contributed by atoms with Crippen LogP contribution in [0.5, 0.6) is 0 Å². The zero-order valence-corrected chi connectivity index (χ0v) is 10.1. The quantitative estimate of drug-likeness (QED) is 0.554. The van der Waals surface area contributed by atoms with E-state index < -0.39 is 10.1 Å². The second-order valence-electron chi connectivity index (χ2n) is 3.31. The third-order valence-corrected chi connectivity index (χ3v) is 2.47. The highest BCUT2D eigenvalue weighted by Gasteiger charge is 2.00. The van der Waals surface area contributed by atoms with Crippen LogP contribution >= 0.6 is 0 Å². The molecule has 0 bridgehead atoms. The van der Waals surface area contributed by atoms with Gasteiger partial charge in [-0.3, -0.25) is 4.55 Å². The number of anilines is 2. The van der Waals surface area contributed by atoms with Gasteiger partial charge in [0, 0.05) is 11.4 Å². The summed E-state index contributed by atoms with van der Waals surface area (Å²) in [7, 11) is -3.69. The summed E-state index contributed by atoms with van der Waals surface area (Å²) in [5.74, 6) is -0.108. The van der Waals surface area contributed by atoms with Crippen LogP contribution in [0.3, 0.4) is 0 Å². The van der Waals surface area contributed by atoms with Crippen molar-refractivity contribution in [2.45, 2.75) is 19.8 Å². The molecule has 0 radical (unpaired) electrons. The molecule has 1 aromatic rings. The summed E-state index contributed by atoms with van der Waals surface area (Å²) in [5.41, 5.74) is 12.2. The first-order chi connectivity index (χ1) is 7.35. The predicted octanol–water partition coefficient (Wildman–Crippen LogP) is 1.53. The van der Waals surface area contributed by atoms with Gasteiger partial charge in [0.15, 0.2) is 0 Å². The molecule has 0 unspecified atom stereocenters. The van der Waals surface area contributed by atoms with Crippen molar-refractivity contribution < 1.29 is 13.0 Å². The summed E-state index contributed by atoms with van der Waals surface area (Å²) in [5, 5.41) is 0. The Balaban J connectivity index is 0.000000281. The molecule has 0 aliphatic heterocycles. The van der Waals surface area contributed by atoms with Crippen LogP contribution in [-0.4, -0.2) is 18.7 Å². The van der Waals surface area contributed by atoms with Crippen molar-refractivity contribution in [2.75, 3.05) is 17.2 Å². The van der Waals surface area contributed by atoms with E-state index in [2.05, 4.69) is 0 Å². The first-order valence-electron chi connectivity index (χ1n) is 4.91. The van der Waals surface area contributed by atoms with E-state index in [9.17, 15) is 8.42 Å². The van der Waals surface area contributed by atoms with Gasteiger partial charge in [-0.05, 0) is 24.6 Å². The van der Waals surface area contributed by atoms with Crippen molar-refractivity contribution in [3.05, 3.63) is 24.3 Å². The Morgan fingerprint density at radius 1 is 1.25 bits per heavy atom. The first-order valence-corrected chi connectivity index (χ1v) is 6.52. The van der Waals surface area contributed by atoms with E-state index in [-0.39, 0.29) is 5.75 Å². The van der Waals surface area contributed by atoms with Crippen LogP contribution in [0.1, 0.15) is 19.8 Å². The second kappa shape index (κ2) is 7.08. The number of hydrogen-bond donors (Lipinski definition) is 3. The summed E-state index contributed by atoms with van der Waals surface area (Å²) in [6, 6.07) is 7.15. The number of nitrogens with two attached hydrogens (primary N) is 2. The summed E-state index contributed by atoms with van der Waals surface area (Å²) < 4.78 is 28.0. The molecule has 0 saturated heterocycles. The van der Waals surface area contributed by atoms with Crippen molar-refractivity contribution in [1.82, 2.24) is 0 Å². The molecule has 6 heteroatoms. The molecule has 0 aliphatic rings. The topological polar surface area (TPSA) is 106 Å². The molecule has 5 nitrogen and oxygen atoms in total. The normalized spacial score (nSPS) is 10.4. The highest BCUT2D eigenvalue weighted by Crippen LogP contribution is 2.06. The molecule has 1 aromatic carbocycles. The van der Waals surface area contributed by atoms with Crippen LogP contribution in [-0.2, 0) is 10.1 Å². The fraction of sp³-hybridized carbons (Fsp3) is 0.400. The minimum atomic E-state index is -3.69. The van der Waals surface area contributed by atoms with Crippen molar-refractivity contribution in [1.29, 1.82) is 0 Å². The SMILES string of the molecule is CCCCS(=O)(=O)O.Nc1cccc(N)c1. The van der Waals surface area contributed by atoms with Gasteiger partial charge < -0.3 is 11.5 Å². The zero-order valence-electron chi connectivity index (χ0n) is 9.26. The lowest BCUT2D eigenvalue weighted by Crippen LogP contribution is -2.02. The van der Waals surface area contributed by atoms with E-state index in [1.165, 1.54) is 0 Å². The van der Waals surface area contributed by atoms with Gasteiger partial charge in [-0.25, -0.2) is 0 Å². The van der Waals surface area contributed by atoms with Crippen molar-refractivity contribution in [2.24, 2.45) is 0 Å². The second-order valence-corrected chi connectivity index (χ2v) is 4.88. The lowest BCUT2D eigenvalue weighted by molar-refractivity contribution is 0.480. The Hall–Kier alpha value is -1.27. The Labute approximate surface area is 96.2 Å². The predicted molar refractivity (Wildman–Crippen MR) is 66.6 cm³/mol. The van der Waals surface area contributed by atoms with E-state index in [1.54, 1.807) is 18.2 Å². The molecule has 92 valence electrons. The molecule has 0 fully saturated rings. The molecule has 0 aromatic heterocycles. The molecule has 0 amide bonds. The Kier molecular flexibility index (Phi) is 6.52. The summed E-state index contributed by atoms with van der Waals surface area (Å²) in [4.78, 5) is 0. The van der Waals surface area contributed by atoms with Crippen LogP contribution in [0.4, 0.5) is 11.4 Å². The van der Waals surface area contributed by atoms with Crippen molar-refractivity contribution in [3.63, 3.8) is 0 Å². The number of rotatable bonds is 3. The monoisotopic (exact) mass is 246 g/mol. The third-order valence-electron chi connectivity index (χ3n) is 1.67. The molecular weight excluding hydrogens is 228 g/mol. The molecular formula is C10H18N2O3S. The van der Waals surface area contributed by atoms with Gasteiger partial charge in [-0.15, -0.1) is 0 Å². The van der Waals surface area contributed by atoms with Crippen LogP contribution in [0.15, 0.2) is 24.3 Å². The Morgan fingerprint density at radius 3 is 1.94 bits per heavy atom. The van der Waals surface area contributed by atoms with Gasteiger partial charge in [0.1, 0.15) is 0 Å². The molecule has 0 aliphatic carbocycles. The maximum atomic E-state index is 9.95. The largest absolute Gasteiger partial charge is 0.399 e. The third kappa shape index (κ3) is 9.29. The van der Waals surface area contributed by atoms with Crippen molar-refractivity contribution >= 4 is 21.5 Å². The highest BCUT2D eigenvalue weighted by atomic mass is 32.2. The first kappa shape index (κ1) is 14.7. The molecule has 1 rings (SSSR count). The molecule has 0 saturated carbocycles. The van der Waals surface area contributed by atoms with Gasteiger partial charge >= 0.3 is 0 Å². The lowest BCUT2D eigenvalue weighted by Gasteiger charge is -1.91. The highest BCUT2D eigenvalue weighted by molar-refractivity contribution is 7.85. The van der Waals surface area contributed by atoms with Gasteiger partial charge in [-0.2, -0.15) is 8.42 Å². The molecule has 0 heterocycles. The molecule has 5 N–H and O–H groups in total. The Morgan fingerprint density at radius 2 is 1.75 bits per heavy atom. The maximum Gasteiger partial charge on any atom is 0.264 e. The molecule has 16 heavy (non-hydrogen) atoms. The van der Waals surface area contributed by atoms with E-state index in [4.69, 9.17) is 16.0 Å². The molecule has 0 spiro atoms. The minimum absolute atomic E-state index is 0.108. The van der Waals surface area contributed by atoms with Gasteiger partial charge in [0.2, 0.25) is 0 Å². The van der Waals surface area contributed by atoms with E-state index >= 15 is 0 Å². The van der Waals surface area contributed by atoms with E-state index in [1.807, 2.05) is 13.0 Å². The van der Waals surface area contributed by atoms with Crippen molar-refractivity contribution in [3.8, 4) is 0 Å². The average Bonchev–Trinajstić information content (AvgIpc) is 2.14. The van der Waals surface area contributed by atoms with E-state index in [0.29, 0.717) is 17.8 Å². The van der Waals surface area contributed by atoms with Crippen LogP contribution in [0.2, 0.25) is 0 Å². The summed E-state index contributed by atoms with van der Waals surface area (Å²) in [6.45, 7) is 1.87.